The van der Waals surface area contributed by atoms with Crippen molar-refractivity contribution in [3.8, 4) is 0 Å². The molecule has 1 fully saturated rings. The Bertz CT molecular complexity index is 823. The molecule has 0 aromatic heterocycles. The molecule has 1 aliphatic rings. The molecule has 9 heteroatoms. The molecule has 1 aliphatic heterocycles. The van der Waals surface area contributed by atoms with Gasteiger partial charge >= 0.3 is 5.97 Å². The van der Waals surface area contributed by atoms with Gasteiger partial charge < -0.3 is 9.36 Å². The number of hydroxylamine groups is 2. The van der Waals surface area contributed by atoms with Gasteiger partial charge in [-0.15, -0.1) is 0 Å². The standard InChI is InChI=1S/C22H32NO6PS/c1-17(24)29-23-13-8-11-19(20(23)25)30(27,15-12-18-9-6-5-7-10-18)28-14-16-31-21(26)22(2,3)4/h5-7,9-10,19H,8,11-16H2,1-4H3. The van der Waals surface area contributed by atoms with Crippen molar-refractivity contribution < 1.29 is 28.3 Å². The summed E-state index contributed by atoms with van der Waals surface area (Å²) in [5, 5.41) is 1.04. The summed E-state index contributed by atoms with van der Waals surface area (Å²) in [7, 11) is -3.40. The van der Waals surface area contributed by atoms with Crippen LogP contribution in [-0.2, 0) is 34.7 Å². The van der Waals surface area contributed by atoms with Crippen molar-refractivity contribution in [1.29, 1.82) is 0 Å². The second-order valence-corrected chi connectivity index (χ2v) is 12.4. The third kappa shape index (κ3) is 7.78. The van der Waals surface area contributed by atoms with Crippen LogP contribution in [0.5, 0.6) is 0 Å². The van der Waals surface area contributed by atoms with Gasteiger partial charge in [0.15, 0.2) is 5.12 Å². The fourth-order valence-corrected chi connectivity index (χ4v) is 6.76. The maximum absolute atomic E-state index is 13.9. The van der Waals surface area contributed by atoms with Crippen molar-refractivity contribution in [3.05, 3.63) is 35.9 Å². The number of carbonyl (C=O) groups is 3. The van der Waals surface area contributed by atoms with Crippen LogP contribution >= 0.6 is 19.1 Å². The first-order valence-electron chi connectivity index (χ1n) is 10.5. The first-order valence-corrected chi connectivity index (χ1v) is 13.3. The van der Waals surface area contributed by atoms with Crippen LogP contribution in [0.3, 0.4) is 0 Å². The van der Waals surface area contributed by atoms with Crippen molar-refractivity contribution in [2.75, 3.05) is 25.1 Å². The van der Waals surface area contributed by atoms with Crippen molar-refractivity contribution in [2.24, 2.45) is 5.41 Å². The smallest absolute Gasteiger partial charge is 0.329 e. The average Bonchev–Trinajstić information content (AvgIpc) is 2.71. The van der Waals surface area contributed by atoms with Crippen LogP contribution in [0.4, 0.5) is 0 Å². The van der Waals surface area contributed by atoms with Crippen LogP contribution in [0.1, 0.15) is 46.1 Å². The van der Waals surface area contributed by atoms with Gasteiger partial charge in [0.05, 0.1) is 13.2 Å². The number of hydrogen-bond donors (Lipinski definition) is 0. The van der Waals surface area contributed by atoms with E-state index in [1.807, 2.05) is 51.1 Å². The molecule has 1 aromatic carbocycles. The highest BCUT2D eigenvalue weighted by Crippen LogP contribution is 2.55. The number of aryl methyl sites for hydroxylation is 1. The van der Waals surface area contributed by atoms with Gasteiger partial charge in [0.25, 0.3) is 5.91 Å². The number of hydrogen-bond acceptors (Lipinski definition) is 7. The zero-order chi connectivity index (χ0) is 23.1. The summed E-state index contributed by atoms with van der Waals surface area (Å²) < 4.78 is 19.8. The zero-order valence-electron chi connectivity index (χ0n) is 18.7. The van der Waals surface area contributed by atoms with Gasteiger partial charge in [0.2, 0.25) is 7.37 Å². The van der Waals surface area contributed by atoms with Crippen molar-refractivity contribution in [1.82, 2.24) is 5.06 Å². The van der Waals surface area contributed by atoms with Crippen LogP contribution in [0.15, 0.2) is 30.3 Å². The molecule has 0 N–H and O–H groups in total. The SMILES string of the molecule is CC(=O)ON1CCCC(P(=O)(CCc2ccccc2)OCCSC(=O)C(C)(C)C)C1=O. The van der Waals surface area contributed by atoms with Gasteiger partial charge in [0.1, 0.15) is 5.66 Å². The molecule has 1 saturated heterocycles. The summed E-state index contributed by atoms with van der Waals surface area (Å²) in [5.41, 5.74) is -0.317. The van der Waals surface area contributed by atoms with Crippen molar-refractivity contribution in [2.45, 2.75) is 52.6 Å². The minimum atomic E-state index is -3.40. The lowest BCUT2D eigenvalue weighted by atomic mass is 10.00. The number of benzene rings is 1. The van der Waals surface area contributed by atoms with Crippen LogP contribution in [0, 0.1) is 5.41 Å². The van der Waals surface area contributed by atoms with E-state index in [9.17, 15) is 18.9 Å². The topological polar surface area (TPSA) is 90.0 Å². The molecule has 172 valence electrons. The minimum Gasteiger partial charge on any atom is -0.338 e. The van der Waals surface area contributed by atoms with E-state index in [-0.39, 0.29) is 24.4 Å². The van der Waals surface area contributed by atoms with Crippen LogP contribution in [-0.4, -0.2) is 52.8 Å². The lowest BCUT2D eigenvalue weighted by molar-refractivity contribution is -0.199. The van der Waals surface area contributed by atoms with Gasteiger partial charge in [-0.3, -0.25) is 18.9 Å². The number of thioether (sulfide) groups is 1. The second kappa shape index (κ2) is 11.3. The van der Waals surface area contributed by atoms with E-state index < -0.39 is 30.3 Å². The predicted octanol–water partition coefficient (Wildman–Crippen LogP) is 4.30. The predicted molar refractivity (Wildman–Crippen MR) is 122 cm³/mol. The van der Waals surface area contributed by atoms with Gasteiger partial charge in [-0.1, -0.05) is 62.9 Å². The lowest BCUT2D eigenvalue weighted by Gasteiger charge is -2.34. The Balaban J connectivity index is 2.11. The molecule has 1 amide bonds. The molecule has 0 aliphatic carbocycles. The molecule has 2 rings (SSSR count). The number of carbonyl (C=O) groups excluding carboxylic acids is 3. The number of amides is 1. The number of piperidine rings is 1. The zero-order valence-corrected chi connectivity index (χ0v) is 20.4. The van der Waals surface area contributed by atoms with Crippen LogP contribution in [0.25, 0.3) is 0 Å². The third-order valence-electron chi connectivity index (χ3n) is 4.88. The Hall–Kier alpha value is -1.63. The fraction of sp³-hybridized carbons (Fsp3) is 0.591. The Morgan fingerprint density at radius 1 is 1.23 bits per heavy atom. The quantitative estimate of drug-likeness (QED) is 0.393. The molecule has 2 atom stereocenters. The Labute approximate surface area is 188 Å². The molecule has 0 bridgehead atoms. The van der Waals surface area contributed by atoms with E-state index in [0.717, 1.165) is 22.4 Å². The first-order chi connectivity index (χ1) is 14.5. The average molecular weight is 470 g/mol. The Kier molecular flexibility index (Phi) is 9.34. The number of rotatable bonds is 9. The summed E-state index contributed by atoms with van der Waals surface area (Å²) in [4.78, 5) is 41.4. The third-order valence-corrected chi connectivity index (χ3v) is 9.02. The highest BCUT2D eigenvalue weighted by Gasteiger charge is 2.44. The maximum atomic E-state index is 13.9. The summed E-state index contributed by atoms with van der Waals surface area (Å²) >= 11 is 1.15. The van der Waals surface area contributed by atoms with Gasteiger partial charge in [0, 0.05) is 24.3 Å². The fourth-order valence-electron chi connectivity index (χ4n) is 3.22. The van der Waals surface area contributed by atoms with Crippen LogP contribution in [0.2, 0.25) is 0 Å². The van der Waals surface area contributed by atoms with E-state index >= 15 is 0 Å². The summed E-state index contributed by atoms with van der Waals surface area (Å²) in [6, 6.07) is 9.60. The van der Waals surface area contributed by atoms with Gasteiger partial charge in [-0.2, -0.15) is 5.06 Å². The first kappa shape index (κ1) is 25.6. The Morgan fingerprint density at radius 3 is 2.52 bits per heavy atom. The minimum absolute atomic E-state index is 0.0324. The van der Waals surface area contributed by atoms with Crippen molar-refractivity contribution >= 4 is 36.1 Å². The summed E-state index contributed by atoms with van der Waals surface area (Å²) in [5.74, 6) is -0.706. The lowest BCUT2D eigenvalue weighted by Crippen LogP contribution is -2.45. The van der Waals surface area contributed by atoms with E-state index in [0.29, 0.717) is 25.0 Å². The highest BCUT2D eigenvalue weighted by molar-refractivity contribution is 8.13. The van der Waals surface area contributed by atoms with Crippen molar-refractivity contribution in [3.63, 3.8) is 0 Å². The monoisotopic (exact) mass is 469 g/mol. The van der Waals surface area contributed by atoms with Gasteiger partial charge in [-0.25, -0.2) is 0 Å². The summed E-state index contributed by atoms with van der Waals surface area (Å²) in [6.07, 6.45) is 1.69. The maximum Gasteiger partial charge on any atom is 0.329 e. The molecule has 0 saturated carbocycles. The number of nitrogens with zero attached hydrogens (tertiary/aromatic N) is 1. The molecule has 7 nitrogen and oxygen atoms in total. The van der Waals surface area contributed by atoms with E-state index in [4.69, 9.17) is 9.36 Å². The van der Waals surface area contributed by atoms with Crippen LogP contribution < -0.4 is 0 Å². The van der Waals surface area contributed by atoms with Gasteiger partial charge in [-0.05, 0) is 24.8 Å². The highest BCUT2D eigenvalue weighted by atomic mass is 32.2. The van der Waals surface area contributed by atoms with E-state index in [2.05, 4.69) is 0 Å². The molecule has 31 heavy (non-hydrogen) atoms. The summed E-state index contributed by atoms with van der Waals surface area (Å²) in [6.45, 7) is 7.15. The second-order valence-electron chi connectivity index (χ2n) is 8.59. The largest absolute Gasteiger partial charge is 0.338 e. The van der Waals surface area contributed by atoms with E-state index in [1.165, 1.54) is 6.92 Å². The molecule has 0 radical (unpaired) electrons. The molecular weight excluding hydrogens is 437 g/mol. The van der Waals surface area contributed by atoms with E-state index in [1.54, 1.807) is 0 Å². The normalized spacial score (nSPS) is 19.0. The molecule has 1 heterocycles. The molecule has 2 unspecified atom stereocenters. The molecular formula is C22H32NO6PS. The molecule has 1 aromatic rings. The Morgan fingerprint density at radius 2 is 1.90 bits per heavy atom. The molecule has 0 spiro atoms.